The van der Waals surface area contributed by atoms with Crippen molar-refractivity contribution in [3.63, 3.8) is 0 Å². The second-order valence-corrected chi connectivity index (χ2v) is 8.50. The summed E-state index contributed by atoms with van der Waals surface area (Å²) in [4.78, 5) is 31.6. The number of benzene rings is 2. The number of phenols is 1. The van der Waals surface area contributed by atoms with E-state index in [4.69, 9.17) is 9.47 Å². The molecule has 164 valence electrons. The van der Waals surface area contributed by atoms with Crippen molar-refractivity contribution in [1.82, 2.24) is 4.98 Å². The monoisotopic (exact) mass is 516 g/mol. The first-order valence-electron chi connectivity index (χ1n) is 9.28. The van der Waals surface area contributed by atoms with Crippen LogP contribution < -0.4 is 14.4 Å². The van der Waals surface area contributed by atoms with Crippen molar-refractivity contribution in [3.05, 3.63) is 69.1 Å². The van der Waals surface area contributed by atoms with Crippen molar-refractivity contribution < 1.29 is 29.3 Å². The minimum atomic E-state index is -1.00. The van der Waals surface area contributed by atoms with Crippen molar-refractivity contribution in [1.29, 1.82) is 0 Å². The molecule has 2 heterocycles. The summed E-state index contributed by atoms with van der Waals surface area (Å²) in [6.07, 6.45) is 1.52. The van der Waals surface area contributed by atoms with E-state index in [9.17, 15) is 19.8 Å². The highest BCUT2D eigenvalue weighted by atomic mass is 79.9. The van der Waals surface area contributed by atoms with Gasteiger partial charge in [-0.25, -0.2) is 4.98 Å². The molecule has 10 heteroatoms. The zero-order chi connectivity index (χ0) is 23.0. The van der Waals surface area contributed by atoms with Crippen molar-refractivity contribution in [2.45, 2.75) is 6.04 Å². The van der Waals surface area contributed by atoms with Crippen LogP contribution in [0, 0.1) is 0 Å². The minimum absolute atomic E-state index is 0.113. The number of anilines is 1. The van der Waals surface area contributed by atoms with Gasteiger partial charge in [0.05, 0.1) is 30.3 Å². The first-order valence-corrected chi connectivity index (χ1v) is 11.0. The maximum Gasteiger partial charge on any atom is 0.301 e. The summed E-state index contributed by atoms with van der Waals surface area (Å²) in [7, 11) is 2.88. The summed E-state index contributed by atoms with van der Waals surface area (Å²) in [5, 5.41) is 23.3. The smallest absolute Gasteiger partial charge is 0.301 e. The molecule has 0 radical (unpaired) electrons. The number of aromatic hydroxyl groups is 1. The number of halogens is 1. The van der Waals surface area contributed by atoms with Gasteiger partial charge in [-0.3, -0.25) is 14.5 Å². The number of amides is 1. The van der Waals surface area contributed by atoms with E-state index in [2.05, 4.69) is 20.9 Å². The van der Waals surface area contributed by atoms with Gasteiger partial charge >= 0.3 is 5.91 Å². The summed E-state index contributed by atoms with van der Waals surface area (Å²) in [6.45, 7) is 0. The number of phenolic OH excluding ortho intramolecular Hbond substituents is 1. The summed E-state index contributed by atoms with van der Waals surface area (Å²) in [6, 6.07) is 8.61. The van der Waals surface area contributed by atoms with Crippen molar-refractivity contribution in [3.8, 4) is 17.2 Å². The summed E-state index contributed by atoms with van der Waals surface area (Å²) in [5.74, 6) is -1.54. The number of aliphatic hydroxyl groups excluding tert-OH is 1. The quantitative estimate of drug-likeness (QED) is 0.296. The van der Waals surface area contributed by atoms with E-state index in [0.717, 1.165) is 0 Å². The second-order valence-electron chi connectivity index (χ2n) is 6.77. The number of ketones is 1. The van der Waals surface area contributed by atoms with Gasteiger partial charge in [-0.2, -0.15) is 0 Å². The van der Waals surface area contributed by atoms with Crippen molar-refractivity contribution >= 4 is 49.8 Å². The first-order chi connectivity index (χ1) is 15.4. The Morgan fingerprint density at radius 3 is 2.62 bits per heavy atom. The molecule has 2 aromatic carbocycles. The predicted molar refractivity (Wildman–Crippen MR) is 122 cm³/mol. The molecule has 32 heavy (non-hydrogen) atoms. The van der Waals surface area contributed by atoms with E-state index in [1.807, 2.05) is 0 Å². The lowest BCUT2D eigenvalue weighted by Crippen LogP contribution is -2.29. The molecule has 4 rings (SSSR count). The number of hydrogen-bond donors (Lipinski definition) is 2. The van der Waals surface area contributed by atoms with E-state index in [-0.39, 0.29) is 22.8 Å². The average Bonchev–Trinajstić information content (AvgIpc) is 3.42. The van der Waals surface area contributed by atoms with Gasteiger partial charge in [0.25, 0.3) is 5.78 Å². The second kappa shape index (κ2) is 8.64. The molecular weight excluding hydrogens is 500 g/mol. The number of carbonyl (C=O) groups excluding carboxylic acids is 2. The lowest BCUT2D eigenvalue weighted by atomic mass is 9.95. The van der Waals surface area contributed by atoms with E-state index < -0.39 is 17.7 Å². The average molecular weight is 517 g/mol. The number of nitrogens with zero attached hydrogens (tertiary/aromatic N) is 2. The Kier molecular flexibility index (Phi) is 5.90. The highest BCUT2D eigenvalue weighted by molar-refractivity contribution is 9.10. The normalized spacial score (nSPS) is 17.6. The van der Waals surface area contributed by atoms with Crippen molar-refractivity contribution in [2.75, 3.05) is 19.1 Å². The van der Waals surface area contributed by atoms with E-state index >= 15 is 0 Å². The Hall–Kier alpha value is -3.37. The van der Waals surface area contributed by atoms with Gasteiger partial charge in [0.2, 0.25) is 0 Å². The molecule has 1 aliphatic heterocycles. The number of rotatable bonds is 5. The fourth-order valence-corrected chi connectivity index (χ4v) is 4.64. The Bertz CT molecular complexity index is 1240. The van der Waals surface area contributed by atoms with Crippen LogP contribution in [0.4, 0.5) is 5.13 Å². The van der Waals surface area contributed by atoms with Crippen LogP contribution in [0.15, 0.2) is 58.0 Å². The molecule has 1 atom stereocenters. The fraction of sp³-hybridized carbons (Fsp3) is 0.136. The molecule has 8 nitrogen and oxygen atoms in total. The van der Waals surface area contributed by atoms with Crippen LogP contribution >= 0.6 is 27.3 Å². The van der Waals surface area contributed by atoms with Gasteiger partial charge in [-0.1, -0.05) is 12.1 Å². The molecule has 3 aromatic rings. The Labute approximate surface area is 195 Å². The van der Waals surface area contributed by atoms with Gasteiger partial charge in [-0.15, -0.1) is 11.3 Å². The molecule has 1 saturated heterocycles. The van der Waals surface area contributed by atoms with Gasteiger partial charge in [-0.05, 0) is 45.8 Å². The maximum absolute atomic E-state index is 13.1. The fourth-order valence-electron chi connectivity index (χ4n) is 3.51. The molecule has 0 spiro atoms. The number of methoxy groups -OCH3 is 2. The summed E-state index contributed by atoms with van der Waals surface area (Å²) >= 11 is 4.46. The molecule has 2 N–H and O–H groups in total. The molecular formula is C22H17BrN2O6S. The van der Waals surface area contributed by atoms with Gasteiger partial charge in [0, 0.05) is 17.1 Å². The number of hydrogen-bond acceptors (Lipinski definition) is 8. The van der Waals surface area contributed by atoms with Crippen molar-refractivity contribution in [2.24, 2.45) is 0 Å². The lowest BCUT2D eigenvalue weighted by Gasteiger charge is -2.24. The van der Waals surface area contributed by atoms with Gasteiger partial charge in [0.1, 0.15) is 11.5 Å². The number of aliphatic hydroxyl groups is 1. The summed E-state index contributed by atoms with van der Waals surface area (Å²) < 4.78 is 10.8. The topological polar surface area (TPSA) is 109 Å². The van der Waals surface area contributed by atoms with E-state index in [1.165, 1.54) is 42.7 Å². The first kappa shape index (κ1) is 21.8. The third-order valence-corrected chi connectivity index (χ3v) is 6.37. The third-order valence-electron chi connectivity index (χ3n) is 5.00. The van der Waals surface area contributed by atoms with E-state index in [1.54, 1.807) is 35.7 Å². The maximum atomic E-state index is 13.1. The molecule has 0 saturated carbocycles. The highest BCUT2D eigenvalue weighted by Gasteiger charge is 2.48. The van der Waals surface area contributed by atoms with Crippen LogP contribution in [-0.2, 0) is 9.59 Å². The van der Waals surface area contributed by atoms with Crippen LogP contribution in [0.2, 0.25) is 0 Å². The minimum Gasteiger partial charge on any atom is -0.507 e. The SMILES string of the molecule is COc1cccc(/C(O)=C2\C(=O)C(=O)N(c3nccs3)C2c2cc(Br)c(O)c(OC)c2)c1. The molecule has 1 fully saturated rings. The number of carbonyl (C=O) groups is 2. The predicted octanol–water partition coefficient (Wildman–Crippen LogP) is 4.25. The summed E-state index contributed by atoms with van der Waals surface area (Å²) in [5.41, 5.74) is 0.639. The standard InChI is InChI=1S/C22H17BrN2O6S/c1-30-13-5-3-4-11(8-13)18(26)16-17(12-9-14(23)19(27)15(10-12)31-2)25(21(29)20(16)28)22-24-6-7-32-22/h3-10,17,26-27H,1-2H3/b18-16+. The molecule has 0 aliphatic carbocycles. The van der Waals surface area contributed by atoms with Crippen LogP contribution in [0.3, 0.4) is 0 Å². The number of ether oxygens (including phenoxy) is 2. The largest absolute Gasteiger partial charge is 0.507 e. The van der Waals surface area contributed by atoms with Crippen LogP contribution in [0.25, 0.3) is 5.76 Å². The van der Waals surface area contributed by atoms with Crippen LogP contribution in [0.1, 0.15) is 17.2 Å². The molecule has 1 aliphatic rings. The lowest BCUT2D eigenvalue weighted by molar-refractivity contribution is -0.132. The molecule has 1 amide bonds. The Morgan fingerprint density at radius 2 is 1.97 bits per heavy atom. The van der Waals surface area contributed by atoms with Crippen LogP contribution in [-0.4, -0.2) is 41.1 Å². The van der Waals surface area contributed by atoms with E-state index in [0.29, 0.717) is 26.5 Å². The third kappa shape index (κ3) is 3.61. The Morgan fingerprint density at radius 1 is 1.19 bits per heavy atom. The molecule has 1 aromatic heterocycles. The zero-order valence-electron chi connectivity index (χ0n) is 16.9. The molecule has 0 bridgehead atoms. The number of thiazole rings is 1. The zero-order valence-corrected chi connectivity index (χ0v) is 19.3. The number of aromatic nitrogens is 1. The van der Waals surface area contributed by atoms with Gasteiger partial charge in [0.15, 0.2) is 16.6 Å². The molecule has 1 unspecified atom stereocenters. The van der Waals surface area contributed by atoms with Crippen LogP contribution in [0.5, 0.6) is 17.2 Å². The Balaban J connectivity index is 1.98. The highest BCUT2D eigenvalue weighted by Crippen LogP contribution is 2.46. The number of Topliss-reactive ketones (excluding diaryl/α,β-unsaturated/α-hetero) is 1. The van der Waals surface area contributed by atoms with Gasteiger partial charge < -0.3 is 19.7 Å².